The Labute approximate surface area is 136 Å². The van der Waals surface area contributed by atoms with Gasteiger partial charge in [-0.25, -0.2) is 4.79 Å². The Morgan fingerprint density at radius 2 is 2.29 bits per heavy atom. The number of rotatable bonds is 4. The summed E-state index contributed by atoms with van der Waals surface area (Å²) in [5.41, 5.74) is 1.19. The van der Waals surface area contributed by atoms with Gasteiger partial charge in [-0.2, -0.15) is 0 Å². The summed E-state index contributed by atoms with van der Waals surface area (Å²) in [5, 5.41) is 6.00. The number of hydrogen-bond donors (Lipinski definition) is 1. The van der Waals surface area contributed by atoms with E-state index in [1.54, 1.807) is 11.3 Å². The molecule has 1 atom stereocenters. The van der Waals surface area contributed by atoms with Crippen molar-refractivity contribution in [2.75, 3.05) is 18.4 Å². The highest BCUT2D eigenvalue weighted by molar-refractivity contribution is 9.09. The van der Waals surface area contributed by atoms with Crippen LogP contribution in [0.5, 0.6) is 0 Å². The van der Waals surface area contributed by atoms with Crippen molar-refractivity contribution in [1.29, 1.82) is 0 Å². The summed E-state index contributed by atoms with van der Waals surface area (Å²) in [6.07, 6.45) is 3.04. The number of urea groups is 1. The lowest BCUT2D eigenvalue weighted by Crippen LogP contribution is -2.47. The van der Waals surface area contributed by atoms with Crippen molar-refractivity contribution in [2.24, 2.45) is 0 Å². The van der Waals surface area contributed by atoms with Crippen molar-refractivity contribution in [1.82, 2.24) is 14.8 Å². The summed E-state index contributed by atoms with van der Waals surface area (Å²) in [6.45, 7) is 2.30. The van der Waals surface area contributed by atoms with E-state index in [9.17, 15) is 4.79 Å². The van der Waals surface area contributed by atoms with Crippen molar-refractivity contribution in [3.05, 3.63) is 46.4 Å². The average molecular weight is 368 g/mol. The summed E-state index contributed by atoms with van der Waals surface area (Å²) in [7, 11) is 0. The predicted octanol–water partition coefficient (Wildman–Crippen LogP) is 3.45. The van der Waals surface area contributed by atoms with Crippen LogP contribution in [0, 0.1) is 0 Å². The van der Waals surface area contributed by atoms with Crippen LogP contribution in [-0.4, -0.2) is 33.9 Å². The normalized spacial score (nSPS) is 17.6. The Hall–Kier alpha value is -1.27. The van der Waals surface area contributed by atoms with Gasteiger partial charge in [0, 0.05) is 41.7 Å². The van der Waals surface area contributed by atoms with Crippen LogP contribution < -0.4 is 5.32 Å². The maximum absolute atomic E-state index is 12.5. The third kappa shape index (κ3) is 3.01. The van der Waals surface area contributed by atoms with Crippen molar-refractivity contribution in [2.45, 2.75) is 19.0 Å². The van der Waals surface area contributed by atoms with Crippen LogP contribution in [-0.2, 0) is 6.54 Å². The Kier molecular flexibility index (Phi) is 4.65. The first-order valence-corrected chi connectivity index (χ1v) is 9.10. The van der Waals surface area contributed by atoms with Crippen molar-refractivity contribution in [3.63, 3.8) is 0 Å². The third-order valence-corrected chi connectivity index (χ3v) is 5.18. The molecule has 0 saturated carbocycles. The molecule has 1 aliphatic heterocycles. The number of aromatic nitrogens is 1. The fourth-order valence-electron chi connectivity index (χ4n) is 2.71. The molecule has 3 rings (SSSR count). The molecule has 0 bridgehead atoms. The molecule has 2 aromatic rings. The summed E-state index contributed by atoms with van der Waals surface area (Å²) < 4.78 is 2.24. The molecule has 0 spiro atoms. The van der Waals surface area contributed by atoms with Gasteiger partial charge in [-0.15, -0.1) is 11.3 Å². The van der Waals surface area contributed by atoms with Crippen molar-refractivity contribution >= 4 is 33.3 Å². The van der Waals surface area contributed by atoms with E-state index in [0.717, 1.165) is 24.8 Å². The van der Waals surface area contributed by atoms with Gasteiger partial charge in [0.25, 0.3) is 0 Å². The van der Waals surface area contributed by atoms with Gasteiger partial charge in [0.1, 0.15) is 6.04 Å². The minimum absolute atomic E-state index is 0.0257. The van der Waals surface area contributed by atoms with Gasteiger partial charge < -0.3 is 14.8 Å². The first-order valence-electron chi connectivity index (χ1n) is 7.10. The Balaban J connectivity index is 1.84. The molecule has 3 heterocycles. The van der Waals surface area contributed by atoms with Gasteiger partial charge in [0.05, 0.1) is 0 Å². The van der Waals surface area contributed by atoms with Crippen LogP contribution in [0.15, 0.2) is 35.8 Å². The monoisotopic (exact) mass is 367 g/mol. The van der Waals surface area contributed by atoms with E-state index in [-0.39, 0.29) is 12.1 Å². The standard InChI is InChI=1S/C15H18BrN3OS/c16-6-3-7-17-15(20)19-10-9-18-8-1-4-12(18)14(19)13-5-2-11-21-13/h1-2,4-5,8,11,14H,3,6-7,9-10H2,(H,17,20)/t14-/m0/s1. The number of hydrogen-bond acceptors (Lipinski definition) is 2. The van der Waals surface area contributed by atoms with Crippen LogP contribution in [0.4, 0.5) is 4.79 Å². The fraction of sp³-hybridized carbons (Fsp3) is 0.400. The second-order valence-corrected chi connectivity index (χ2v) is 6.78. The summed E-state index contributed by atoms with van der Waals surface area (Å²) >= 11 is 5.09. The van der Waals surface area contributed by atoms with Crippen LogP contribution >= 0.6 is 27.3 Å². The molecule has 112 valence electrons. The molecule has 1 N–H and O–H groups in total. The van der Waals surface area contributed by atoms with E-state index in [0.29, 0.717) is 6.54 Å². The van der Waals surface area contributed by atoms with E-state index in [4.69, 9.17) is 0 Å². The lowest BCUT2D eigenvalue weighted by Gasteiger charge is -2.36. The van der Waals surface area contributed by atoms with Gasteiger partial charge in [-0.3, -0.25) is 0 Å². The number of carbonyl (C=O) groups is 1. The molecule has 0 fully saturated rings. The van der Waals surface area contributed by atoms with E-state index in [1.165, 1.54) is 10.6 Å². The van der Waals surface area contributed by atoms with Crippen LogP contribution in [0.25, 0.3) is 0 Å². The first kappa shape index (κ1) is 14.7. The molecule has 0 saturated heterocycles. The van der Waals surface area contributed by atoms with Crippen LogP contribution in [0.1, 0.15) is 23.0 Å². The lowest BCUT2D eigenvalue weighted by atomic mass is 10.1. The highest BCUT2D eigenvalue weighted by atomic mass is 79.9. The largest absolute Gasteiger partial charge is 0.347 e. The summed E-state index contributed by atoms with van der Waals surface area (Å²) in [5.74, 6) is 0. The molecule has 0 aliphatic carbocycles. The predicted molar refractivity (Wildman–Crippen MR) is 89.1 cm³/mol. The van der Waals surface area contributed by atoms with Crippen molar-refractivity contribution < 1.29 is 4.79 Å². The topological polar surface area (TPSA) is 37.3 Å². The maximum Gasteiger partial charge on any atom is 0.318 e. The molecular formula is C15H18BrN3OS. The minimum atomic E-state index is 0.0257. The SMILES string of the molecule is O=C(NCCCBr)N1CCn2cccc2[C@H]1c1cccs1. The number of amides is 2. The number of thiophene rings is 1. The van der Waals surface area contributed by atoms with E-state index in [2.05, 4.69) is 55.6 Å². The van der Waals surface area contributed by atoms with Gasteiger partial charge in [0.2, 0.25) is 0 Å². The molecule has 21 heavy (non-hydrogen) atoms. The Morgan fingerprint density at radius 1 is 1.38 bits per heavy atom. The molecule has 6 heteroatoms. The average Bonchev–Trinajstić information content (AvgIpc) is 3.17. The molecule has 0 unspecified atom stereocenters. The number of alkyl halides is 1. The van der Waals surface area contributed by atoms with E-state index >= 15 is 0 Å². The molecule has 2 aromatic heterocycles. The molecular weight excluding hydrogens is 350 g/mol. The second-order valence-electron chi connectivity index (χ2n) is 5.01. The zero-order chi connectivity index (χ0) is 14.7. The minimum Gasteiger partial charge on any atom is -0.347 e. The molecule has 0 radical (unpaired) electrons. The quantitative estimate of drug-likeness (QED) is 0.652. The lowest BCUT2D eigenvalue weighted by molar-refractivity contribution is 0.170. The molecule has 4 nitrogen and oxygen atoms in total. The molecule has 1 aliphatic rings. The summed E-state index contributed by atoms with van der Waals surface area (Å²) in [6, 6.07) is 8.38. The summed E-state index contributed by atoms with van der Waals surface area (Å²) in [4.78, 5) is 15.7. The fourth-order valence-corrected chi connectivity index (χ4v) is 3.84. The van der Waals surface area contributed by atoms with Gasteiger partial charge in [-0.05, 0) is 30.0 Å². The number of halogens is 1. The number of fused-ring (bicyclic) bond motifs is 1. The Morgan fingerprint density at radius 3 is 3.05 bits per heavy atom. The number of nitrogens with one attached hydrogen (secondary N) is 1. The number of carbonyl (C=O) groups excluding carboxylic acids is 1. The third-order valence-electron chi connectivity index (χ3n) is 3.70. The maximum atomic E-state index is 12.5. The van der Waals surface area contributed by atoms with Crippen LogP contribution in [0.3, 0.4) is 0 Å². The van der Waals surface area contributed by atoms with Crippen LogP contribution in [0.2, 0.25) is 0 Å². The first-order chi connectivity index (χ1) is 10.3. The zero-order valence-electron chi connectivity index (χ0n) is 11.7. The van der Waals surface area contributed by atoms with Gasteiger partial charge >= 0.3 is 6.03 Å². The number of nitrogens with zero attached hydrogens (tertiary/aromatic N) is 2. The molecule has 2 amide bonds. The smallest absolute Gasteiger partial charge is 0.318 e. The van der Waals surface area contributed by atoms with Crippen molar-refractivity contribution in [3.8, 4) is 0 Å². The highest BCUT2D eigenvalue weighted by Gasteiger charge is 2.32. The highest BCUT2D eigenvalue weighted by Crippen LogP contribution is 2.34. The van der Waals surface area contributed by atoms with Gasteiger partial charge in [-0.1, -0.05) is 22.0 Å². The van der Waals surface area contributed by atoms with E-state index in [1.807, 2.05) is 11.0 Å². The van der Waals surface area contributed by atoms with E-state index < -0.39 is 0 Å². The zero-order valence-corrected chi connectivity index (χ0v) is 14.1. The Bertz CT molecular complexity index is 596. The van der Waals surface area contributed by atoms with Gasteiger partial charge in [0.15, 0.2) is 0 Å². The molecule has 0 aromatic carbocycles. The second kappa shape index (κ2) is 6.66.